The minimum Gasteiger partial charge on any atom is -0.250 e. The fourth-order valence-corrected chi connectivity index (χ4v) is 2.47. The predicted molar refractivity (Wildman–Crippen MR) is 78.9 cm³/mol. The molecule has 2 rings (SSSR count). The molecule has 0 N–H and O–H groups in total. The fraction of sp³-hybridized carbons (Fsp3) is 0.429. The Morgan fingerprint density at radius 3 is 2.63 bits per heavy atom. The van der Waals surface area contributed by atoms with Crippen LogP contribution in [0.3, 0.4) is 0 Å². The molecule has 1 aromatic heterocycles. The highest BCUT2D eigenvalue weighted by molar-refractivity contribution is 6.30. The molecule has 0 amide bonds. The maximum absolute atomic E-state index is 6.10. The lowest BCUT2D eigenvalue weighted by Gasteiger charge is -2.14. The monoisotopic (exact) mass is 297 g/mol. The van der Waals surface area contributed by atoms with Crippen molar-refractivity contribution in [3.05, 3.63) is 47.0 Å². The van der Waals surface area contributed by atoms with Gasteiger partial charge in [0.15, 0.2) is 0 Å². The van der Waals surface area contributed by atoms with Crippen molar-refractivity contribution in [1.82, 2.24) is 14.8 Å². The van der Waals surface area contributed by atoms with Crippen molar-refractivity contribution in [3.8, 4) is 0 Å². The van der Waals surface area contributed by atoms with E-state index in [-0.39, 0.29) is 5.92 Å². The molecule has 0 spiro atoms. The second-order valence-corrected chi connectivity index (χ2v) is 5.25. The number of hydrogen-bond donors (Lipinski definition) is 0. The number of benzene rings is 1. The van der Waals surface area contributed by atoms with Gasteiger partial charge in [-0.15, -0.1) is 11.6 Å². The minimum atomic E-state index is 0.235. The average molecular weight is 298 g/mol. The van der Waals surface area contributed by atoms with E-state index in [9.17, 15) is 0 Å². The zero-order valence-corrected chi connectivity index (χ0v) is 12.4. The van der Waals surface area contributed by atoms with E-state index in [0.29, 0.717) is 5.88 Å². The Morgan fingerprint density at radius 2 is 2.00 bits per heavy atom. The number of rotatable bonds is 6. The molecule has 0 aliphatic heterocycles. The van der Waals surface area contributed by atoms with Crippen molar-refractivity contribution in [2.24, 2.45) is 0 Å². The first-order chi connectivity index (χ1) is 9.24. The Kier molecular flexibility index (Phi) is 5.23. The van der Waals surface area contributed by atoms with E-state index in [1.807, 2.05) is 28.9 Å². The lowest BCUT2D eigenvalue weighted by atomic mass is 9.97. The molecule has 0 radical (unpaired) electrons. The van der Waals surface area contributed by atoms with Gasteiger partial charge in [-0.05, 0) is 24.1 Å². The summed E-state index contributed by atoms with van der Waals surface area (Å²) in [5, 5.41) is 4.98. The molecule has 5 heteroatoms. The largest absolute Gasteiger partial charge is 0.250 e. The van der Waals surface area contributed by atoms with Crippen molar-refractivity contribution < 1.29 is 0 Å². The Bertz CT molecular complexity index is 508. The van der Waals surface area contributed by atoms with Crippen molar-refractivity contribution in [2.75, 3.05) is 5.88 Å². The van der Waals surface area contributed by atoms with Crippen LogP contribution in [0.2, 0.25) is 5.02 Å². The summed E-state index contributed by atoms with van der Waals surface area (Å²) in [6, 6.07) is 7.84. The highest BCUT2D eigenvalue weighted by Gasteiger charge is 2.15. The van der Waals surface area contributed by atoms with E-state index in [1.165, 1.54) is 5.56 Å². The van der Waals surface area contributed by atoms with Gasteiger partial charge in [0.25, 0.3) is 0 Å². The molecule has 0 aliphatic carbocycles. The third-order valence-corrected chi connectivity index (χ3v) is 3.71. The molecule has 2 aromatic rings. The molecule has 1 atom stereocenters. The number of hydrogen-bond acceptors (Lipinski definition) is 2. The molecule has 0 bridgehead atoms. The van der Waals surface area contributed by atoms with Crippen LogP contribution in [0.5, 0.6) is 0 Å². The Morgan fingerprint density at radius 1 is 1.26 bits per heavy atom. The van der Waals surface area contributed by atoms with Crippen molar-refractivity contribution >= 4 is 23.2 Å². The first-order valence-electron chi connectivity index (χ1n) is 6.42. The Hall–Kier alpha value is -1.06. The molecule has 0 fully saturated rings. The molecule has 102 valence electrons. The molecule has 19 heavy (non-hydrogen) atoms. The van der Waals surface area contributed by atoms with Crippen LogP contribution in [0.1, 0.15) is 30.7 Å². The van der Waals surface area contributed by atoms with Crippen LogP contribution in [0.25, 0.3) is 0 Å². The quantitative estimate of drug-likeness (QED) is 0.757. The molecule has 1 heterocycles. The minimum absolute atomic E-state index is 0.235. The smallest absolute Gasteiger partial charge is 0.138 e. The fourth-order valence-electron chi connectivity index (χ4n) is 2.06. The maximum atomic E-state index is 6.10. The van der Waals surface area contributed by atoms with Gasteiger partial charge in [0, 0.05) is 29.8 Å². The van der Waals surface area contributed by atoms with Crippen LogP contribution in [-0.4, -0.2) is 20.6 Å². The second-order valence-electron chi connectivity index (χ2n) is 4.51. The molecule has 0 aliphatic rings. The lowest BCUT2D eigenvalue weighted by molar-refractivity contribution is 0.554. The summed E-state index contributed by atoms with van der Waals surface area (Å²) in [5.74, 6) is 1.78. The highest BCUT2D eigenvalue weighted by Crippen LogP contribution is 2.23. The molecular formula is C14H17Cl2N3. The van der Waals surface area contributed by atoms with Crippen molar-refractivity contribution in [1.29, 1.82) is 0 Å². The predicted octanol–water partition coefficient (Wildman–Crippen LogP) is 3.91. The topological polar surface area (TPSA) is 30.7 Å². The Balaban J connectivity index is 2.14. The summed E-state index contributed by atoms with van der Waals surface area (Å²) < 4.78 is 1.95. The Labute approximate surface area is 123 Å². The summed E-state index contributed by atoms with van der Waals surface area (Å²) in [4.78, 5) is 4.33. The zero-order chi connectivity index (χ0) is 13.7. The van der Waals surface area contributed by atoms with E-state index in [2.05, 4.69) is 17.0 Å². The molecule has 1 unspecified atom stereocenters. The second kappa shape index (κ2) is 6.92. The average Bonchev–Trinajstić information content (AvgIpc) is 2.85. The first kappa shape index (κ1) is 14.4. The first-order valence-corrected chi connectivity index (χ1v) is 7.34. The van der Waals surface area contributed by atoms with Crippen LogP contribution in [-0.2, 0) is 13.0 Å². The van der Waals surface area contributed by atoms with Gasteiger partial charge in [0.1, 0.15) is 12.2 Å². The molecule has 3 nitrogen and oxygen atoms in total. The summed E-state index contributed by atoms with van der Waals surface area (Å²) in [7, 11) is 0. The van der Waals surface area contributed by atoms with Crippen LogP contribution >= 0.6 is 23.2 Å². The number of alkyl halides is 1. The van der Waals surface area contributed by atoms with Gasteiger partial charge in [0.2, 0.25) is 0 Å². The number of halogens is 2. The van der Waals surface area contributed by atoms with Gasteiger partial charge in [-0.2, -0.15) is 5.10 Å². The van der Waals surface area contributed by atoms with Gasteiger partial charge in [-0.25, -0.2) is 4.98 Å². The van der Waals surface area contributed by atoms with Crippen LogP contribution in [0.15, 0.2) is 30.6 Å². The van der Waals surface area contributed by atoms with Crippen molar-refractivity contribution in [2.45, 2.75) is 32.2 Å². The SMILES string of the molecule is CCCn1ncnc1CC(CCl)c1ccc(Cl)cc1. The summed E-state index contributed by atoms with van der Waals surface area (Å²) in [6.07, 6.45) is 3.45. The summed E-state index contributed by atoms with van der Waals surface area (Å²) in [6.45, 7) is 3.02. The van der Waals surface area contributed by atoms with Gasteiger partial charge >= 0.3 is 0 Å². The summed E-state index contributed by atoms with van der Waals surface area (Å²) in [5.41, 5.74) is 1.19. The van der Waals surface area contributed by atoms with Gasteiger partial charge < -0.3 is 0 Å². The number of aryl methyl sites for hydroxylation is 1. The molecular weight excluding hydrogens is 281 g/mol. The van der Waals surface area contributed by atoms with Gasteiger partial charge in [-0.3, -0.25) is 4.68 Å². The normalized spacial score (nSPS) is 12.6. The highest BCUT2D eigenvalue weighted by atomic mass is 35.5. The van der Waals surface area contributed by atoms with Gasteiger partial charge in [0.05, 0.1) is 0 Å². The molecule has 0 saturated heterocycles. The standard InChI is InChI=1S/C14H17Cl2N3/c1-2-7-19-14(17-10-18-19)8-12(9-15)11-3-5-13(16)6-4-11/h3-6,10,12H,2,7-9H2,1H3. The number of nitrogens with zero attached hydrogens (tertiary/aromatic N) is 3. The third kappa shape index (κ3) is 3.71. The van der Waals surface area contributed by atoms with Crippen LogP contribution in [0, 0.1) is 0 Å². The van der Waals surface area contributed by atoms with Crippen LogP contribution < -0.4 is 0 Å². The van der Waals surface area contributed by atoms with Gasteiger partial charge in [-0.1, -0.05) is 30.7 Å². The van der Waals surface area contributed by atoms with E-state index < -0.39 is 0 Å². The van der Waals surface area contributed by atoms with E-state index in [4.69, 9.17) is 23.2 Å². The zero-order valence-electron chi connectivity index (χ0n) is 10.9. The van der Waals surface area contributed by atoms with E-state index in [0.717, 1.165) is 30.2 Å². The molecule has 1 aromatic carbocycles. The van der Waals surface area contributed by atoms with E-state index >= 15 is 0 Å². The summed E-state index contributed by atoms with van der Waals surface area (Å²) >= 11 is 12.0. The number of aromatic nitrogens is 3. The third-order valence-electron chi connectivity index (χ3n) is 3.09. The maximum Gasteiger partial charge on any atom is 0.138 e. The lowest BCUT2D eigenvalue weighted by Crippen LogP contribution is -2.11. The van der Waals surface area contributed by atoms with E-state index in [1.54, 1.807) is 6.33 Å². The van der Waals surface area contributed by atoms with Crippen molar-refractivity contribution in [3.63, 3.8) is 0 Å². The molecule has 0 saturated carbocycles. The van der Waals surface area contributed by atoms with Crippen LogP contribution in [0.4, 0.5) is 0 Å².